The first-order valence-electron chi connectivity index (χ1n) is 4.92. The van der Waals surface area contributed by atoms with Gasteiger partial charge in [0.2, 0.25) is 0 Å². The van der Waals surface area contributed by atoms with Crippen LogP contribution in [0.1, 0.15) is 10.5 Å². The van der Waals surface area contributed by atoms with Crippen LogP contribution in [0.2, 0.25) is 5.02 Å². The molecule has 6 heteroatoms. The van der Waals surface area contributed by atoms with Crippen LogP contribution in [0.3, 0.4) is 0 Å². The number of nitrogens with zero attached hydrogens (tertiary/aromatic N) is 2. The Labute approximate surface area is 103 Å². The third-order valence-electron chi connectivity index (χ3n) is 2.39. The summed E-state index contributed by atoms with van der Waals surface area (Å²) < 4.78 is 0. The molecule has 1 aromatic heterocycles. The number of hydrogen-bond acceptors (Lipinski definition) is 3. The Kier molecular flexibility index (Phi) is 3.01. The molecule has 2 aromatic rings. The number of benzene rings is 1. The number of anilines is 2. The highest BCUT2D eigenvalue weighted by Gasteiger charge is 2.16. The summed E-state index contributed by atoms with van der Waals surface area (Å²) in [5.41, 5.74) is 7.26. The van der Waals surface area contributed by atoms with E-state index in [1.807, 2.05) is 0 Å². The minimum Gasteiger partial charge on any atom is -0.397 e. The monoisotopic (exact) mass is 250 g/mol. The largest absolute Gasteiger partial charge is 0.397 e. The SMILES string of the molecule is CN(C(=O)c1ccn[nH]1)c1cc(Cl)ccc1N. The molecule has 0 unspecified atom stereocenters. The maximum atomic E-state index is 12.0. The molecule has 1 heterocycles. The number of nitrogen functional groups attached to an aromatic ring is 1. The Hall–Kier alpha value is -2.01. The van der Waals surface area contributed by atoms with Gasteiger partial charge in [0.05, 0.1) is 11.4 Å². The first-order chi connectivity index (χ1) is 8.09. The number of halogens is 1. The molecule has 1 aromatic carbocycles. The summed E-state index contributed by atoms with van der Waals surface area (Å²) in [6.07, 6.45) is 1.52. The van der Waals surface area contributed by atoms with Crippen molar-refractivity contribution in [3.8, 4) is 0 Å². The molecule has 88 valence electrons. The van der Waals surface area contributed by atoms with Crippen molar-refractivity contribution in [1.29, 1.82) is 0 Å². The van der Waals surface area contributed by atoms with Gasteiger partial charge in [0.15, 0.2) is 0 Å². The zero-order chi connectivity index (χ0) is 12.4. The second-order valence-electron chi connectivity index (χ2n) is 3.54. The summed E-state index contributed by atoms with van der Waals surface area (Å²) in [5, 5.41) is 6.86. The predicted molar refractivity (Wildman–Crippen MR) is 67.2 cm³/mol. The zero-order valence-corrected chi connectivity index (χ0v) is 9.90. The van der Waals surface area contributed by atoms with Crippen molar-refractivity contribution in [3.05, 3.63) is 41.2 Å². The van der Waals surface area contributed by atoms with Gasteiger partial charge in [-0.2, -0.15) is 5.10 Å². The molecule has 0 bridgehead atoms. The Morgan fingerprint density at radius 2 is 2.24 bits per heavy atom. The van der Waals surface area contributed by atoms with E-state index in [4.69, 9.17) is 17.3 Å². The van der Waals surface area contributed by atoms with Crippen LogP contribution in [0, 0.1) is 0 Å². The van der Waals surface area contributed by atoms with Gasteiger partial charge in [0, 0.05) is 18.3 Å². The minimum absolute atomic E-state index is 0.225. The lowest BCUT2D eigenvalue weighted by Crippen LogP contribution is -2.27. The van der Waals surface area contributed by atoms with Gasteiger partial charge in [-0.05, 0) is 24.3 Å². The second kappa shape index (κ2) is 4.47. The Balaban J connectivity index is 2.34. The van der Waals surface area contributed by atoms with Crippen molar-refractivity contribution in [3.63, 3.8) is 0 Å². The molecular formula is C11H11ClN4O. The average Bonchev–Trinajstić information content (AvgIpc) is 2.84. The highest BCUT2D eigenvalue weighted by Crippen LogP contribution is 2.26. The first-order valence-corrected chi connectivity index (χ1v) is 5.30. The zero-order valence-electron chi connectivity index (χ0n) is 9.14. The fourth-order valence-corrected chi connectivity index (χ4v) is 1.64. The molecule has 0 fully saturated rings. The van der Waals surface area contributed by atoms with Crippen LogP contribution >= 0.6 is 11.6 Å². The Bertz CT molecular complexity index is 538. The third-order valence-corrected chi connectivity index (χ3v) is 2.62. The fraction of sp³-hybridized carbons (Fsp3) is 0.0909. The summed E-state index contributed by atoms with van der Waals surface area (Å²) in [6, 6.07) is 6.58. The van der Waals surface area contributed by atoms with E-state index >= 15 is 0 Å². The maximum absolute atomic E-state index is 12.0. The quantitative estimate of drug-likeness (QED) is 0.800. The topological polar surface area (TPSA) is 75.0 Å². The highest BCUT2D eigenvalue weighted by atomic mass is 35.5. The molecule has 0 radical (unpaired) electrons. The summed E-state index contributed by atoms with van der Waals surface area (Å²) in [4.78, 5) is 13.5. The van der Waals surface area contributed by atoms with E-state index in [0.717, 1.165) is 0 Å². The number of carbonyl (C=O) groups is 1. The average molecular weight is 251 g/mol. The van der Waals surface area contributed by atoms with Crippen molar-refractivity contribution in [2.75, 3.05) is 17.7 Å². The van der Waals surface area contributed by atoms with E-state index in [1.165, 1.54) is 11.1 Å². The minimum atomic E-state index is -0.225. The molecule has 1 amide bonds. The van der Waals surface area contributed by atoms with Gasteiger partial charge >= 0.3 is 0 Å². The molecule has 5 nitrogen and oxygen atoms in total. The molecule has 0 aliphatic rings. The van der Waals surface area contributed by atoms with Crippen LogP contribution in [-0.2, 0) is 0 Å². The number of nitrogens with one attached hydrogen (secondary N) is 1. The van der Waals surface area contributed by atoms with E-state index in [2.05, 4.69) is 10.2 Å². The summed E-state index contributed by atoms with van der Waals surface area (Å²) >= 11 is 5.88. The lowest BCUT2D eigenvalue weighted by molar-refractivity contribution is 0.0988. The van der Waals surface area contributed by atoms with Gasteiger partial charge < -0.3 is 10.6 Å². The molecule has 3 N–H and O–H groups in total. The molecular weight excluding hydrogens is 240 g/mol. The van der Waals surface area contributed by atoms with Crippen LogP contribution in [-0.4, -0.2) is 23.2 Å². The van der Waals surface area contributed by atoms with Crippen LogP contribution in [0.4, 0.5) is 11.4 Å². The van der Waals surface area contributed by atoms with Gasteiger partial charge in [-0.25, -0.2) is 0 Å². The number of H-pyrrole nitrogens is 1. The highest BCUT2D eigenvalue weighted by molar-refractivity contribution is 6.31. The number of nitrogens with two attached hydrogens (primary N) is 1. The predicted octanol–water partition coefficient (Wildman–Crippen LogP) is 1.92. The van der Waals surface area contributed by atoms with Crippen molar-refractivity contribution >= 4 is 28.9 Å². The van der Waals surface area contributed by atoms with Crippen LogP contribution in [0.15, 0.2) is 30.5 Å². The number of aromatic amines is 1. The number of aromatic nitrogens is 2. The maximum Gasteiger partial charge on any atom is 0.276 e. The van der Waals surface area contributed by atoms with E-state index < -0.39 is 0 Å². The van der Waals surface area contributed by atoms with Crippen molar-refractivity contribution in [2.24, 2.45) is 0 Å². The number of carbonyl (C=O) groups excluding carboxylic acids is 1. The Morgan fingerprint density at radius 3 is 2.88 bits per heavy atom. The van der Waals surface area contributed by atoms with Gasteiger partial charge in [0.1, 0.15) is 5.69 Å². The van der Waals surface area contributed by atoms with E-state index in [-0.39, 0.29) is 5.91 Å². The molecule has 17 heavy (non-hydrogen) atoms. The van der Waals surface area contributed by atoms with Crippen LogP contribution in [0.5, 0.6) is 0 Å². The molecule has 0 aliphatic carbocycles. The summed E-state index contributed by atoms with van der Waals surface area (Å²) in [6.45, 7) is 0. The number of amides is 1. The molecule has 0 atom stereocenters. The smallest absolute Gasteiger partial charge is 0.276 e. The van der Waals surface area contributed by atoms with E-state index in [1.54, 1.807) is 31.3 Å². The molecule has 0 saturated carbocycles. The molecule has 0 spiro atoms. The van der Waals surface area contributed by atoms with Gasteiger partial charge in [-0.15, -0.1) is 0 Å². The lowest BCUT2D eigenvalue weighted by atomic mass is 10.2. The second-order valence-corrected chi connectivity index (χ2v) is 3.97. The van der Waals surface area contributed by atoms with Crippen molar-refractivity contribution in [1.82, 2.24) is 10.2 Å². The van der Waals surface area contributed by atoms with E-state index in [9.17, 15) is 4.79 Å². The number of hydrogen-bond donors (Lipinski definition) is 2. The standard InChI is InChI=1S/C11H11ClN4O/c1-16(11(17)9-4-5-14-15-9)10-6-7(12)2-3-8(10)13/h2-6H,13H2,1H3,(H,14,15). The van der Waals surface area contributed by atoms with E-state index in [0.29, 0.717) is 22.1 Å². The van der Waals surface area contributed by atoms with Gasteiger partial charge in [-0.3, -0.25) is 9.89 Å². The first kappa shape index (κ1) is 11.5. The molecule has 0 aliphatic heterocycles. The van der Waals surface area contributed by atoms with Crippen molar-refractivity contribution < 1.29 is 4.79 Å². The summed E-state index contributed by atoms with van der Waals surface area (Å²) in [5.74, 6) is -0.225. The van der Waals surface area contributed by atoms with Crippen LogP contribution < -0.4 is 10.6 Å². The molecule has 0 saturated heterocycles. The third kappa shape index (κ3) is 2.24. The molecule has 2 rings (SSSR count). The van der Waals surface area contributed by atoms with Gasteiger partial charge in [0.25, 0.3) is 5.91 Å². The lowest BCUT2D eigenvalue weighted by Gasteiger charge is -2.18. The summed E-state index contributed by atoms with van der Waals surface area (Å²) in [7, 11) is 1.63. The fourth-order valence-electron chi connectivity index (χ4n) is 1.47. The normalized spacial score (nSPS) is 10.2. The van der Waals surface area contributed by atoms with Crippen molar-refractivity contribution in [2.45, 2.75) is 0 Å². The Morgan fingerprint density at radius 1 is 1.47 bits per heavy atom. The van der Waals surface area contributed by atoms with Crippen LogP contribution in [0.25, 0.3) is 0 Å². The number of rotatable bonds is 2. The van der Waals surface area contributed by atoms with Gasteiger partial charge in [-0.1, -0.05) is 11.6 Å².